The smallest absolute Gasteiger partial charge is 0.269 e. The van der Waals surface area contributed by atoms with E-state index >= 15 is 0 Å². The van der Waals surface area contributed by atoms with Crippen LogP contribution in [0.15, 0.2) is 33.7 Å². The van der Waals surface area contributed by atoms with E-state index < -0.39 is 4.92 Å². The molecule has 1 aromatic heterocycles. The predicted molar refractivity (Wildman–Crippen MR) is 86.1 cm³/mol. The molecule has 8 heteroatoms. The highest BCUT2D eigenvalue weighted by molar-refractivity contribution is 5.79. The molecule has 0 fully saturated rings. The maximum Gasteiger partial charge on any atom is 0.269 e. The summed E-state index contributed by atoms with van der Waals surface area (Å²) in [4.78, 5) is 18.6. The predicted octanol–water partition coefficient (Wildman–Crippen LogP) is 2.06. The number of hydrogen-bond donors (Lipinski definition) is 2. The summed E-state index contributed by atoms with van der Waals surface area (Å²) in [5.74, 6) is 1.99. The van der Waals surface area contributed by atoms with Gasteiger partial charge in [-0.2, -0.15) is 0 Å². The third kappa shape index (κ3) is 4.53. The minimum Gasteiger partial charge on any atom is -0.444 e. The summed E-state index contributed by atoms with van der Waals surface area (Å²) in [7, 11) is 1.66. The summed E-state index contributed by atoms with van der Waals surface area (Å²) in [5, 5.41) is 16.8. The zero-order chi connectivity index (χ0) is 16.8. The lowest BCUT2D eigenvalue weighted by atomic mass is 10.2. The van der Waals surface area contributed by atoms with Crippen LogP contribution in [0, 0.1) is 24.0 Å². The Labute approximate surface area is 133 Å². The minimum absolute atomic E-state index is 0.0749. The van der Waals surface area contributed by atoms with Crippen molar-refractivity contribution >= 4 is 11.6 Å². The van der Waals surface area contributed by atoms with Gasteiger partial charge in [-0.25, -0.2) is 4.98 Å². The molecule has 0 atom stereocenters. The van der Waals surface area contributed by atoms with E-state index in [4.69, 9.17) is 4.42 Å². The second-order valence-corrected chi connectivity index (χ2v) is 4.95. The third-order valence-electron chi connectivity index (χ3n) is 3.31. The molecule has 23 heavy (non-hydrogen) atoms. The van der Waals surface area contributed by atoms with Crippen molar-refractivity contribution in [1.82, 2.24) is 15.6 Å². The number of rotatable bonds is 5. The zero-order valence-electron chi connectivity index (χ0n) is 13.3. The van der Waals surface area contributed by atoms with E-state index in [0.29, 0.717) is 24.9 Å². The van der Waals surface area contributed by atoms with Crippen LogP contribution >= 0.6 is 0 Å². The van der Waals surface area contributed by atoms with Gasteiger partial charge in [0.1, 0.15) is 5.76 Å². The van der Waals surface area contributed by atoms with Crippen molar-refractivity contribution in [2.75, 3.05) is 7.05 Å². The van der Waals surface area contributed by atoms with E-state index in [-0.39, 0.29) is 5.69 Å². The van der Waals surface area contributed by atoms with Gasteiger partial charge in [0.25, 0.3) is 5.69 Å². The number of aryl methyl sites for hydroxylation is 2. The van der Waals surface area contributed by atoms with Crippen molar-refractivity contribution < 1.29 is 9.34 Å². The first-order valence-electron chi connectivity index (χ1n) is 7.10. The highest BCUT2D eigenvalue weighted by Gasteiger charge is 2.07. The Bertz CT molecular complexity index is 687. The Hall–Kier alpha value is -2.90. The van der Waals surface area contributed by atoms with E-state index in [0.717, 1.165) is 17.0 Å². The van der Waals surface area contributed by atoms with Gasteiger partial charge in [-0.15, -0.1) is 0 Å². The molecule has 8 nitrogen and oxygen atoms in total. The van der Waals surface area contributed by atoms with Gasteiger partial charge < -0.3 is 15.1 Å². The lowest BCUT2D eigenvalue weighted by Crippen LogP contribution is -2.36. The molecule has 0 aliphatic heterocycles. The van der Waals surface area contributed by atoms with Crippen molar-refractivity contribution in [2.24, 2.45) is 4.99 Å². The fraction of sp³-hybridized carbons (Fsp3) is 0.333. The van der Waals surface area contributed by atoms with E-state index in [1.165, 1.54) is 12.1 Å². The molecule has 1 aromatic carbocycles. The van der Waals surface area contributed by atoms with Gasteiger partial charge in [0.15, 0.2) is 5.96 Å². The minimum atomic E-state index is -0.419. The SMILES string of the molecule is CN=C(NCc1ccc([N+](=O)[O-])cc1)NCc1nc(C)c(C)o1. The van der Waals surface area contributed by atoms with Crippen LogP contribution in [0.5, 0.6) is 0 Å². The second-order valence-electron chi connectivity index (χ2n) is 4.95. The van der Waals surface area contributed by atoms with Crippen LogP contribution in [0.25, 0.3) is 0 Å². The van der Waals surface area contributed by atoms with Crippen LogP contribution in [0.2, 0.25) is 0 Å². The van der Waals surface area contributed by atoms with Crippen molar-refractivity contribution in [1.29, 1.82) is 0 Å². The molecule has 0 spiro atoms. The number of benzene rings is 1. The van der Waals surface area contributed by atoms with Gasteiger partial charge in [-0.05, 0) is 19.4 Å². The molecule has 0 saturated carbocycles. The number of non-ortho nitro benzene ring substituents is 1. The van der Waals surface area contributed by atoms with Gasteiger partial charge in [0.05, 0.1) is 17.2 Å². The molecule has 0 saturated heterocycles. The van der Waals surface area contributed by atoms with Gasteiger partial charge in [0.2, 0.25) is 5.89 Å². The van der Waals surface area contributed by atoms with Crippen LogP contribution in [-0.2, 0) is 13.1 Å². The fourth-order valence-electron chi connectivity index (χ4n) is 1.92. The maximum absolute atomic E-state index is 10.6. The third-order valence-corrected chi connectivity index (χ3v) is 3.31. The molecular formula is C15H19N5O3. The first kappa shape index (κ1) is 16.5. The van der Waals surface area contributed by atoms with E-state index in [9.17, 15) is 10.1 Å². The van der Waals surface area contributed by atoms with Crippen LogP contribution in [0.1, 0.15) is 22.9 Å². The number of aromatic nitrogens is 1. The lowest BCUT2D eigenvalue weighted by molar-refractivity contribution is -0.384. The molecule has 2 aromatic rings. The number of oxazole rings is 1. The van der Waals surface area contributed by atoms with Crippen molar-refractivity contribution in [3.05, 3.63) is 57.3 Å². The van der Waals surface area contributed by atoms with E-state index in [2.05, 4.69) is 20.6 Å². The van der Waals surface area contributed by atoms with Crippen molar-refractivity contribution in [3.8, 4) is 0 Å². The van der Waals surface area contributed by atoms with Gasteiger partial charge in [0, 0.05) is 25.7 Å². The molecule has 0 radical (unpaired) electrons. The monoisotopic (exact) mass is 317 g/mol. The number of nitrogens with one attached hydrogen (secondary N) is 2. The number of nitro groups is 1. The summed E-state index contributed by atoms with van der Waals surface area (Å²) in [6.45, 7) is 4.69. The number of guanidine groups is 1. The topological polar surface area (TPSA) is 106 Å². The Morgan fingerprint density at radius 1 is 1.26 bits per heavy atom. The molecule has 0 unspecified atom stereocenters. The standard InChI is InChI=1S/C15H19N5O3/c1-10-11(2)23-14(19-10)9-18-15(16-3)17-8-12-4-6-13(7-5-12)20(21)22/h4-7H,8-9H2,1-3H3,(H2,16,17,18). The van der Waals surface area contributed by atoms with E-state index in [1.54, 1.807) is 19.2 Å². The number of nitrogens with zero attached hydrogens (tertiary/aromatic N) is 3. The molecule has 122 valence electrons. The van der Waals surface area contributed by atoms with Gasteiger partial charge in [-0.3, -0.25) is 15.1 Å². The van der Waals surface area contributed by atoms with E-state index in [1.807, 2.05) is 13.8 Å². The second kappa shape index (κ2) is 7.39. The average molecular weight is 317 g/mol. The molecular weight excluding hydrogens is 298 g/mol. The number of aliphatic imine (C=N–C) groups is 1. The molecule has 2 rings (SSSR count). The van der Waals surface area contributed by atoms with Crippen LogP contribution in [0.4, 0.5) is 5.69 Å². The molecule has 0 amide bonds. The quantitative estimate of drug-likeness (QED) is 0.378. The lowest BCUT2D eigenvalue weighted by Gasteiger charge is -2.10. The first-order chi connectivity index (χ1) is 11.0. The Kier molecular flexibility index (Phi) is 5.29. The highest BCUT2D eigenvalue weighted by atomic mass is 16.6. The number of hydrogen-bond acceptors (Lipinski definition) is 5. The average Bonchev–Trinajstić information content (AvgIpc) is 2.86. The van der Waals surface area contributed by atoms with Gasteiger partial charge in [-0.1, -0.05) is 12.1 Å². The normalized spacial score (nSPS) is 11.3. The summed E-state index contributed by atoms with van der Waals surface area (Å²) in [5.41, 5.74) is 1.86. The largest absolute Gasteiger partial charge is 0.444 e. The molecule has 0 aliphatic rings. The number of nitro benzene ring substituents is 1. The van der Waals surface area contributed by atoms with Crippen LogP contribution < -0.4 is 10.6 Å². The Morgan fingerprint density at radius 3 is 2.43 bits per heavy atom. The first-order valence-corrected chi connectivity index (χ1v) is 7.10. The maximum atomic E-state index is 10.6. The summed E-state index contributed by atoms with van der Waals surface area (Å²) < 4.78 is 5.49. The van der Waals surface area contributed by atoms with Crippen LogP contribution in [-0.4, -0.2) is 22.9 Å². The van der Waals surface area contributed by atoms with Crippen molar-refractivity contribution in [3.63, 3.8) is 0 Å². The van der Waals surface area contributed by atoms with Crippen molar-refractivity contribution in [2.45, 2.75) is 26.9 Å². The van der Waals surface area contributed by atoms with Crippen LogP contribution in [0.3, 0.4) is 0 Å². The zero-order valence-corrected chi connectivity index (χ0v) is 13.3. The summed E-state index contributed by atoms with van der Waals surface area (Å²) in [6, 6.07) is 6.37. The molecule has 0 aliphatic carbocycles. The van der Waals surface area contributed by atoms with Gasteiger partial charge >= 0.3 is 0 Å². The summed E-state index contributed by atoms with van der Waals surface area (Å²) in [6.07, 6.45) is 0. The Morgan fingerprint density at radius 2 is 1.91 bits per heavy atom. The summed E-state index contributed by atoms with van der Waals surface area (Å²) >= 11 is 0. The molecule has 1 heterocycles. The fourth-order valence-corrected chi connectivity index (χ4v) is 1.92. The molecule has 0 bridgehead atoms. The Balaban J connectivity index is 1.86. The molecule has 2 N–H and O–H groups in total. The highest BCUT2D eigenvalue weighted by Crippen LogP contribution is 2.11.